The van der Waals surface area contributed by atoms with Gasteiger partial charge >= 0.3 is 6.09 Å². The predicted molar refractivity (Wildman–Crippen MR) is 349 cm³/mol. The molecule has 504 valence electrons. The monoisotopic (exact) mass is 1390 g/mol. The molecule has 7 aromatic rings. The lowest BCUT2D eigenvalue weighted by atomic mass is 9.98. The molecular formula is C63H65N11O18S4. The van der Waals surface area contributed by atoms with Gasteiger partial charge in [-0.25, -0.2) is 21.6 Å². The fourth-order valence-electron chi connectivity index (χ4n) is 11.0. The lowest BCUT2D eigenvalue weighted by Crippen LogP contribution is -2.57. The summed E-state index contributed by atoms with van der Waals surface area (Å²) in [6.45, 7) is 3.62. The number of nitrogen functional groups attached to an aromatic ring is 1. The Morgan fingerprint density at radius 2 is 1.14 bits per heavy atom. The summed E-state index contributed by atoms with van der Waals surface area (Å²) in [4.78, 5) is 78.1. The van der Waals surface area contributed by atoms with Gasteiger partial charge in [-0.15, -0.1) is 10.2 Å². The number of benzene rings is 7. The highest BCUT2D eigenvalue weighted by Crippen LogP contribution is 2.49. The zero-order valence-electron chi connectivity index (χ0n) is 51.4. The van der Waals surface area contributed by atoms with Crippen LogP contribution in [-0.4, -0.2) is 150 Å². The van der Waals surface area contributed by atoms with E-state index in [1.807, 2.05) is 48.5 Å². The molecule has 6 amide bonds. The van der Waals surface area contributed by atoms with Crippen molar-refractivity contribution in [3.63, 3.8) is 0 Å². The Morgan fingerprint density at radius 3 is 1.68 bits per heavy atom. The number of hydrogen-bond acceptors (Lipinski definition) is 21. The minimum atomic E-state index is -5.30. The summed E-state index contributed by atoms with van der Waals surface area (Å²) >= 11 is 0. The van der Waals surface area contributed by atoms with Crippen molar-refractivity contribution >= 4 is 115 Å². The highest BCUT2D eigenvalue weighted by Gasteiger charge is 2.39. The van der Waals surface area contributed by atoms with Crippen LogP contribution in [0.5, 0.6) is 5.75 Å². The molecule has 29 nitrogen and oxygen atoms in total. The van der Waals surface area contributed by atoms with Gasteiger partial charge in [-0.1, -0.05) is 78.9 Å². The quantitative estimate of drug-likeness (QED) is 0.0170. The number of anilines is 1. The van der Waals surface area contributed by atoms with Gasteiger partial charge in [-0.2, -0.15) is 27.1 Å². The molecule has 1 aliphatic heterocycles. The first kappa shape index (κ1) is 70.3. The molecule has 33 heteroatoms. The fourth-order valence-corrected chi connectivity index (χ4v) is 14.6. The summed E-state index contributed by atoms with van der Waals surface area (Å²) in [7, 11) is -18.7. The van der Waals surface area contributed by atoms with Gasteiger partial charge in [0.15, 0.2) is 25.4 Å². The third-order valence-corrected chi connectivity index (χ3v) is 21.0. The van der Waals surface area contributed by atoms with E-state index in [-0.39, 0.29) is 59.6 Å². The van der Waals surface area contributed by atoms with Crippen molar-refractivity contribution in [3.05, 3.63) is 156 Å². The molecule has 2 aliphatic rings. The van der Waals surface area contributed by atoms with E-state index >= 15 is 0 Å². The van der Waals surface area contributed by atoms with Crippen molar-refractivity contribution in [2.24, 2.45) is 20.5 Å². The van der Waals surface area contributed by atoms with Crippen molar-refractivity contribution in [3.8, 4) is 16.9 Å². The lowest BCUT2D eigenvalue weighted by molar-refractivity contribution is -0.141. The number of azo groups is 2. The maximum atomic E-state index is 14.1. The number of fused-ring (bicyclic) bond motifs is 4. The molecule has 0 saturated carbocycles. The average molecular weight is 1390 g/mol. The number of amides is 6. The number of ether oxygens (including phenoxy) is 1. The van der Waals surface area contributed by atoms with E-state index in [4.69, 9.17) is 10.5 Å². The number of sulfone groups is 2. The van der Waals surface area contributed by atoms with Gasteiger partial charge in [0.1, 0.15) is 51.9 Å². The Morgan fingerprint density at radius 1 is 0.625 bits per heavy atom. The summed E-state index contributed by atoms with van der Waals surface area (Å²) in [5, 5.41) is 38.8. The number of aromatic hydroxyl groups is 1. The smallest absolute Gasteiger partial charge is 0.407 e. The predicted octanol–water partition coefficient (Wildman–Crippen LogP) is 6.40. The number of phenols is 1. The second-order valence-electron chi connectivity index (χ2n) is 22.4. The molecule has 1 aliphatic carbocycles. The Labute approximate surface area is 551 Å². The third-order valence-electron chi connectivity index (χ3n) is 15.8. The molecule has 1 fully saturated rings. The summed E-state index contributed by atoms with van der Waals surface area (Å²) in [6.07, 6.45) is -0.255. The first-order chi connectivity index (χ1) is 45.4. The second kappa shape index (κ2) is 29.3. The topological polar surface area (TPSA) is 448 Å². The van der Waals surface area contributed by atoms with Crippen molar-refractivity contribution in [1.29, 1.82) is 0 Å². The highest BCUT2D eigenvalue weighted by atomic mass is 32.2. The number of rotatable bonds is 25. The van der Waals surface area contributed by atoms with Crippen LogP contribution in [0.3, 0.4) is 0 Å². The Hall–Kier alpha value is -10.1. The molecule has 0 aromatic heterocycles. The van der Waals surface area contributed by atoms with Gasteiger partial charge < -0.3 is 47.1 Å². The largest absolute Gasteiger partial charge is 0.505 e. The maximum Gasteiger partial charge on any atom is 0.407 e. The summed E-state index contributed by atoms with van der Waals surface area (Å²) in [5.74, 6) is -5.57. The molecule has 9 rings (SSSR count). The van der Waals surface area contributed by atoms with E-state index in [2.05, 4.69) is 47.0 Å². The Kier molecular flexibility index (Phi) is 21.4. The number of alkyl carbamates (subject to hydrolysis) is 1. The van der Waals surface area contributed by atoms with Crippen molar-refractivity contribution in [2.75, 3.05) is 43.5 Å². The standard InChI is InChI=1S/C63H65N11O18S4/c1-36(68-63(81)92-35-49-47-16-9-7-14-45(47)46-15-8-10-17-48(46)49)59(77)67-37(2)62(80)74-29-11-18-51(74)61(79)69-50(32-39-12-5-4-6-13-39)60(78)66-28-31-94(84,85)44-23-19-41(20-24-44)70-72-56-52(95(86,87)88)33-40-34-53(96(89,90)91)57(58(76)54(40)55(56)64)73-71-42-21-25-43(26-22-42)93(82,83)30-27-65-38(3)75/h4-10,12-17,19-26,33-34,36-37,49-51,76H,11,18,27-32,35,64H2,1-3H3,(H,65,75)(H,66,78)(H,67,77)(H,68,81)(H,69,79)(H,86,87,88)(H,89,90,91)/b72-70+,73-71+. The van der Waals surface area contributed by atoms with Gasteiger partial charge in [0.2, 0.25) is 29.5 Å². The van der Waals surface area contributed by atoms with Crippen LogP contribution >= 0.6 is 0 Å². The number of phenolic OH excluding ortho intramolecular Hbond substituents is 1. The minimum Gasteiger partial charge on any atom is -0.505 e. The molecule has 4 unspecified atom stereocenters. The van der Waals surface area contributed by atoms with Crippen LogP contribution in [0.25, 0.3) is 21.9 Å². The normalized spacial score (nSPS) is 15.1. The van der Waals surface area contributed by atoms with Gasteiger partial charge in [0, 0.05) is 38.9 Å². The van der Waals surface area contributed by atoms with Gasteiger partial charge in [0.25, 0.3) is 20.2 Å². The van der Waals surface area contributed by atoms with Crippen LogP contribution in [0, 0.1) is 0 Å². The fraction of sp³-hybridized carbons (Fsp3) is 0.270. The van der Waals surface area contributed by atoms with Crippen molar-refractivity contribution < 1.29 is 81.4 Å². The van der Waals surface area contributed by atoms with E-state index in [0.717, 1.165) is 58.7 Å². The number of likely N-dealkylation sites (tertiary alicyclic amines) is 1. The summed E-state index contributed by atoms with van der Waals surface area (Å²) in [5.41, 5.74) is 8.44. The maximum absolute atomic E-state index is 14.1. The zero-order chi connectivity index (χ0) is 69.4. The molecule has 96 heavy (non-hydrogen) atoms. The number of nitrogens with two attached hydrogens (primary N) is 1. The summed E-state index contributed by atoms with van der Waals surface area (Å²) in [6, 6.07) is 30.2. The molecule has 10 N–H and O–H groups in total. The van der Waals surface area contributed by atoms with E-state index < -0.39 is 161 Å². The second-order valence-corrected chi connectivity index (χ2v) is 29.4. The zero-order valence-corrected chi connectivity index (χ0v) is 54.7. The van der Waals surface area contributed by atoms with Gasteiger partial charge in [-0.3, -0.25) is 33.1 Å². The van der Waals surface area contributed by atoms with Crippen molar-refractivity contribution in [2.45, 2.75) is 89.7 Å². The number of carbonyl (C=O) groups excluding carboxylic acids is 6. The van der Waals surface area contributed by atoms with Gasteiger partial charge in [-0.05, 0) is 121 Å². The first-order valence-corrected chi connectivity index (χ1v) is 35.8. The number of nitrogens with one attached hydrogen (secondary N) is 5. The van der Waals surface area contributed by atoms with Crippen LogP contribution in [0.15, 0.2) is 180 Å². The Balaban J connectivity index is 0.824. The van der Waals surface area contributed by atoms with E-state index in [1.54, 1.807) is 30.3 Å². The van der Waals surface area contributed by atoms with Crippen LogP contribution in [0.4, 0.5) is 33.2 Å². The van der Waals surface area contributed by atoms with Crippen LogP contribution < -0.4 is 32.3 Å². The Bertz CT molecular complexity index is 4690. The lowest BCUT2D eigenvalue weighted by Gasteiger charge is -2.29. The van der Waals surface area contributed by atoms with E-state index in [0.29, 0.717) is 24.1 Å². The van der Waals surface area contributed by atoms with Crippen LogP contribution in [0.2, 0.25) is 0 Å². The van der Waals surface area contributed by atoms with Crippen LogP contribution in [-0.2, 0) is 75.0 Å². The van der Waals surface area contributed by atoms with Crippen molar-refractivity contribution in [1.82, 2.24) is 31.5 Å². The molecule has 0 spiro atoms. The molecule has 4 atom stereocenters. The number of carbonyl (C=O) groups is 6. The molecule has 7 aromatic carbocycles. The number of nitrogens with zero attached hydrogens (tertiary/aromatic N) is 5. The SMILES string of the molecule is CC(=O)NCCS(=O)(=O)c1ccc(/N=N/c2c(S(=O)(=O)O)cc3cc(S(=O)(=O)O)c(/N=N/c4ccc(S(=O)(=O)CCNC(=O)C(Cc5ccccc5)NC(=O)C5CCCN5C(=O)C(C)NC(=O)C(C)NC(=O)OCC5c6ccccc6-c6ccccc65)cc4)c(N)c3c2O)cc1. The molecular weight excluding hydrogens is 1330 g/mol. The molecule has 1 heterocycles. The molecule has 0 bridgehead atoms. The molecule has 0 radical (unpaired) electrons. The van der Waals surface area contributed by atoms with E-state index in [1.165, 1.54) is 37.8 Å². The average Bonchev–Trinajstić information content (AvgIpc) is 0.974. The summed E-state index contributed by atoms with van der Waals surface area (Å²) < 4.78 is 130. The first-order valence-electron chi connectivity index (χ1n) is 29.6. The third kappa shape index (κ3) is 16.5. The highest BCUT2D eigenvalue weighted by molar-refractivity contribution is 7.91. The minimum absolute atomic E-state index is 0.0119. The number of hydrogen-bond donors (Lipinski definition) is 9. The molecule has 1 saturated heterocycles. The van der Waals surface area contributed by atoms with Gasteiger partial charge in [0.05, 0.1) is 43.7 Å². The van der Waals surface area contributed by atoms with E-state index in [9.17, 15) is 76.7 Å². The van der Waals surface area contributed by atoms with Crippen LogP contribution in [0.1, 0.15) is 56.2 Å².